The summed E-state index contributed by atoms with van der Waals surface area (Å²) in [6.45, 7) is 5.12. The van der Waals surface area contributed by atoms with Crippen LogP contribution in [0.15, 0.2) is 36.9 Å². The van der Waals surface area contributed by atoms with Crippen LogP contribution in [0, 0.1) is 39.7 Å². The van der Waals surface area contributed by atoms with E-state index >= 15 is 0 Å². The van der Waals surface area contributed by atoms with Crippen LogP contribution in [0.3, 0.4) is 0 Å². The quantitative estimate of drug-likeness (QED) is 0.265. The Morgan fingerprint density at radius 2 is 2.04 bits per heavy atom. The third kappa shape index (κ3) is 7.29. The van der Waals surface area contributed by atoms with Crippen LogP contribution in [-0.2, 0) is 9.53 Å². The van der Waals surface area contributed by atoms with Gasteiger partial charge in [0.25, 0.3) is 0 Å². The summed E-state index contributed by atoms with van der Waals surface area (Å²) in [5, 5.41) is 10.8. The van der Waals surface area contributed by atoms with Gasteiger partial charge in [0, 0.05) is 22.5 Å². The summed E-state index contributed by atoms with van der Waals surface area (Å²) < 4.78 is 4.83. The number of ether oxygens (including phenoxy) is 1. The van der Waals surface area contributed by atoms with E-state index in [9.17, 15) is 14.9 Å². The Kier molecular flexibility index (Phi) is 8.42. The third-order valence-corrected chi connectivity index (χ3v) is 2.90. The Morgan fingerprint density at radius 1 is 1.38 bits per heavy atom. The first-order valence-corrected chi connectivity index (χ1v) is 7.54. The molecule has 0 saturated heterocycles. The summed E-state index contributed by atoms with van der Waals surface area (Å²) in [4.78, 5) is 21.8. The lowest BCUT2D eigenvalue weighted by molar-refractivity contribution is -0.485. The van der Waals surface area contributed by atoms with Crippen molar-refractivity contribution in [2.75, 3.05) is 13.2 Å². The first-order chi connectivity index (χ1) is 11.6. The van der Waals surface area contributed by atoms with Crippen molar-refractivity contribution in [3.05, 3.63) is 58.2 Å². The van der Waals surface area contributed by atoms with Crippen molar-refractivity contribution in [1.82, 2.24) is 0 Å². The van der Waals surface area contributed by atoms with Gasteiger partial charge in [-0.15, -0.1) is 6.58 Å². The molecule has 0 radical (unpaired) electrons. The van der Waals surface area contributed by atoms with Crippen LogP contribution >= 0.6 is 0 Å². The Labute approximate surface area is 141 Å². The number of allylic oxidation sites excluding steroid dienone is 1. The number of carbonyl (C=O) groups excluding carboxylic acids is 1. The standard InChI is InChI=1S/C19H19NO4/c1-3-5-6-9-17-10-7-8-11-18(17)13-12-16(15-20(22)23)14-19(21)24-4-2/h3,7-8,10-11,16H,1,4-5,14-15H2,2H3. The van der Waals surface area contributed by atoms with Gasteiger partial charge in [0.15, 0.2) is 0 Å². The number of carbonyl (C=O) groups is 1. The van der Waals surface area contributed by atoms with Crippen LogP contribution in [0.2, 0.25) is 0 Å². The monoisotopic (exact) mass is 325 g/mol. The molecule has 0 fully saturated rings. The number of rotatable bonds is 6. The van der Waals surface area contributed by atoms with Gasteiger partial charge in [0.2, 0.25) is 6.54 Å². The molecule has 0 aliphatic carbocycles. The van der Waals surface area contributed by atoms with Crippen molar-refractivity contribution < 1.29 is 14.5 Å². The van der Waals surface area contributed by atoms with Crippen molar-refractivity contribution in [3.63, 3.8) is 0 Å². The molecule has 0 spiro atoms. The molecule has 0 aromatic heterocycles. The molecule has 0 saturated carbocycles. The van der Waals surface area contributed by atoms with Crippen molar-refractivity contribution in [1.29, 1.82) is 0 Å². The molecule has 5 nitrogen and oxygen atoms in total. The molecule has 1 aromatic rings. The second-order valence-electron chi connectivity index (χ2n) is 4.83. The fraction of sp³-hybridized carbons (Fsp3) is 0.316. The summed E-state index contributed by atoms with van der Waals surface area (Å²) in [5.74, 6) is 10.5. The van der Waals surface area contributed by atoms with E-state index in [1.807, 2.05) is 18.2 Å². The topological polar surface area (TPSA) is 69.4 Å². The van der Waals surface area contributed by atoms with E-state index in [4.69, 9.17) is 4.74 Å². The fourth-order valence-corrected chi connectivity index (χ4v) is 1.86. The van der Waals surface area contributed by atoms with E-state index in [-0.39, 0.29) is 13.0 Å². The molecule has 1 rings (SSSR count). The number of nitro groups is 1. The highest BCUT2D eigenvalue weighted by atomic mass is 16.6. The van der Waals surface area contributed by atoms with Crippen molar-refractivity contribution >= 4 is 5.97 Å². The Hall–Kier alpha value is -3.05. The highest BCUT2D eigenvalue weighted by molar-refractivity contribution is 5.70. The largest absolute Gasteiger partial charge is 0.466 e. The Bertz CT molecular complexity index is 716. The van der Waals surface area contributed by atoms with Gasteiger partial charge < -0.3 is 4.74 Å². The second-order valence-corrected chi connectivity index (χ2v) is 4.83. The highest BCUT2D eigenvalue weighted by Crippen LogP contribution is 2.09. The van der Waals surface area contributed by atoms with Crippen LogP contribution in [0.4, 0.5) is 0 Å². The average Bonchev–Trinajstić information content (AvgIpc) is 2.53. The molecule has 1 atom stereocenters. The zero-order valence-corrected chi connectivity index (χ0v) is 13.6. The SMILES string of the molecule is C=CCC#Cc1ccccc1C#CC(CC(=O)OCC)C[N+](=O)[O-]. The summed E-state index contributed by atoms with van der Waals surface area (Å²) in [7, 11) is 0. The maximum absolute atomic E-state index is 11.5. The minimum Gasteiger partial charge on any atom is -0.466 e. The van der Waals surface area contributed by atoms with Gasteiger partial charge in [-0.25, -0.2) is 0 Å². The molecule has 0 N–H and O–H groups in total. The van der Waals surface area contributed by atoms with Crippen LogP contribution in [0.5, 0.6) is 0 Å². The Morgan fingerprint density at radius 3 is 2.62 bits per heavy atom. The summed E-state index contributed by atoms with van der Waals surface area (Å²) in [6, 6.07) is 7.28. The summed E-state index contributed by atoms with van der Waals surface area (Å²) >= 11 is 0. The lowest BCUT2D eigenvalue weighted by atomic mass is 10.0. The summed E-state index contributed by atoms with van der Waals surface area (Å²) in [6.07, 6.45) is 2.16. The molecule has 0 heterocycles. The van der Waals surface area contributed by atoms with Gasteiger partial charge in [0.05, 0.1) is 18.9 Å². The highest BCUT2D eigenvalue weighted by Gasteiger charge is 2.18. The molecule has 124 valence electrons. The summed E-state index contributed by atoms with van der Waals surface area (Å²) in [5.41, 5.74) is 1.41. The fourth-order valence-electron chi connectivity index (χ4n) is 1.86. The molecule has 24 heavy (non-hydrogen) atoms. The van der Waals surface area contributed by atoms with Crippen molar-refractivity contribution in [3.8, 4) is 23.7 Å². The molecule has 1 unspecified atom stereocenters. The van der Waals surface area contributed by atoms with Crippen LogP contribution in [-0.4, -0.2) is 24.0 Å². The number of hydrogen-bond acceptors (Lipinski definition) is 4. The number of esters is 1. The van der Waals surface area contributed by atoms with Gasteiger partial charge in [-0.1, -0.05) is 41.9 Å². The first kappa shape index (κ1) is 19.0. The van der Waals surface area contributed by atoms with Gasteiger partial charge in [-0.2, -0.15) is 0 Å². The zero-order chi connectivity index (χ0) is 17.8. The molecule has 0 bridgehead atoms. The van der Waals surface area contributed by atoms with Crippen LogP contribution in [0.25, 0.3) is 0 Å². The minimum absolute atomic E-state index is 0.105. The molecular weight excluding hydrogens is 306 g/mol. The molecule has 5 heteroatoms. The van der Waals surface area contributed by atoms with Gasteiger partial charge in [0.1, 0.15) is 0 Å². The van der Waals surface area contributed by atoms with Gasteiger partial charge in [-0.3, -0.25) is 14.9 Å². The average molecular weight is 325 g/mol. The second kappa shape index (κ2) is 10.6. The smallest absolute Gasteiger partial charge is 0.307 e. The van der Waals surface area contributed by atoms with E-state index in [1.54, 1.807) is 19.1 Å². The Balaban J connectivity index is 2.99. The van der Waals surface area contributed by atoms with E-state index in [0.717, 1.165) is 5.56 Å². The number of benzene rings is 1. The minimum atomic E-state index is -0.701. The van der Waals surface area contributed by atoms with Gasteiger partial charge >= 0.3 is 5.97 Å². The number of nitrogens with zero attached hydrogens (tertiary/aromatic N) is 1. The molecule has 1 aromatic carbocycles. The maximum atomic E-state index is 11.5. The van der Waals surface area contributed by atoms with Gasteiger partial charge in [-0.05, 0) is 19.1 Å². The normalized spacial score (nSPS) is 10.4. The van der Waals surface area contributed by atoms with E-state index < -0.39 is 23.4 Å². The molecule has 0 aliphatic rings. The molecule has 0 aliphatic heterocycles. The first-order valence-electron chi connectivity index (χ1n) is 7.54. The molecule has 0 amide bonds. The molecular formula is C19H19NO4. The van der Waals surface area contributed by atoms with E-state index in [2.05, 4.69) is 30.3 Å². The lowest BCUT2D eigenvalue weighted by Gasteiger charge is -2.05. The van der Waals surface area contributed by atoms with E-state index in [1.165, 1.54) is 0 Å². The van der Waals surface area contributed by atoms with Crippen LogP contribution < -0.4 is 0 Å². The number of hydrogen-bond donors (Lipinski definition) is 0. The lowest BCUT2D eigenvalue weighted by Crippen LogP contribution is -2.18. The van der Waals surface area contributed by atoms with E-state index in [0.29, 0.717) is 12.0 Å². The third-order valence-electron chi connectivity index (χ3n) is 2.90. The van der Waals surface area contributed by atoms with Crippen molar-refractivity contribution in [2.45, 2.75) is 19.8 Å². The predicted molar refractivity (Wildman–Crippen MR) is 91.6 cm³/mol. The zero-order valence-electron chi connectivity index (χ0n) is 13.6. The predicted octanol–water partition coefficient (Wildman–Crippen LogP) is 2.81. The maximum Gasteiger partial charge on any atom is 0.307 e. The van der Waals surface area contributed by atoms with Crippen molar-refractivity contribution in [2.24, 2.45) is 5.92 Å². The van der Waals surface area contributed by atoms with Crippen LogP contribution in [0.1, 0.15) is 30.9 Å².